The summed E-state index contributed by atoms with van der Waals surface area (Å²) < 4.78 is 0. The number of amides is 2. The Hall–Kier alpha value is -1.88. The van der Waals surface area contributed by atoms with Gasteiger partial charge in [-0.1, -0.05) is 18.2 Å². The van der Waals surface area contributed by atoms with E-state index in [1.54, 1.807) is 7.05 Å². The molecule has 0 aliphatic carbocycles. The van der Waals surface area contributed by atoms with Gasteiger partial charge in [0.1, 0.15) is 0 Å². The summed E-state index contributed by atoms with van der Waals surface area (Å²) in [5.41, 5.74) is 7.16. The standard InChI is InChI=1S/C14H19N3O2/c1-14(2,15)10-6-4-5-7-11(10)17-9-8-16(3)12(18)13(17)19/h4-7H,8-9,15H2,1-3H3. The summed E-state index contributed by atoms with van der Waals surface area (Å²) in [7, 11) is 1.64. The van der Waals surface area contributed by atoms with Crippen LogP contribution in [0.2, 0.25) is 0 Å². The Labute approximate surface area is 113 Å². The normalized spacial score (nSPS) is 17.1. The van der Waals surface area contributed by atoms with E-state index in [1.165, 1.54) is 9.80 Å². The number of piperazine rings is 1. The molecule has 0 aromatic heterocycles. The average Bonchev–Trinajstić information content (AvgIpc) is 2.35. The van der Waals surface area contributed by atoms with E-state index in [4.69, 9.17) is 5.73 Å². The molecule has 5 nitrogen and oxygen atoms in total. The van der Waals surface area contributed by atoms with Crippen LogP contribution in [0.25, 0.3) is 0 Å². The number of nitrogens with two attached hydrogens (primary N) is 1. The summed E-state index contributed by atoms with van der Waals surface area (Å²) in [5.74, 6) is -0.971. The fourth-order valence-corrected chi connectivity index (χ4v) is 2.22. The van der Waals surface area contributed by atoms with Crippen molar-refractivity contribution >= 4 is 17.5 Å². The molecule has 1 aromatic rings. The third-order valence-corrected chi connectivity index (χ3v) is 3.32. The molecule has 0 radical (unpaired) electrons. The van der Waals surface area contributed by atoms with E-state index in [9.17, 15) is 9.59 Å². The zero-order valence-corrected chi connectivity index (χ0v) is 11.5. The van der Waals surface area contributed by atoms with Crippen molar-refractivity contribution in [2.75, 3.05) is 25.0 Å². The summed E-state index contributed by atoms with van der Waals surface area (Å²) in [4.78, 5) is 26.8. The Morgan fingerprint density at radius 3 is 2.37 bits per heavy atom. The lowest BCUT2D eigenvalue weighted by atomic mass is 9.93. The first-order valence-corrected chi connectivity index (χ1v) is 6.27. The summed E-state index contributed by atoms with van der Waals surface area (Å²) in [6, 6.07) is 7.46. The smallest absolute Gasteiger partial charge is 0.316 e. The number of carbonyl (C=O) groups excluding carboxylic acids is 2. The van der Waals surface area contributed by atoms with E-state index >= 15 is 0 Å². The van der Waals surface area contributed by atoms with Crippen molar-refractivity contribution in [1.29, 1.82) is 0 Å². The Balaban J connectivity index is 2.43. The van der Waals surface area contributed by atoms with Gasteiger partial charge in [0.15, 0.2) is 0 Å². The van der Waals surface area contributed by atoms with Crippen molar-refractivity contribution in [2.24, 2.45) is 5.73 Å². The summed E-state index contributed by atoms with van der Waals surface area (Å²) in [5, 5.41) is 0. The Bertz CT molecular complexity index is 520. The van der Waals surface area contributed by atoms with Crippen LogP contribution in [0, 0.1) is 0 Å². The molecule has 2 amide bonds. The molecule has 0 bridgehead atoms. The van der Waals surface area contributed by atoms with Crippen LogP contribution in [-0.4, -0.2) is 36.9 Å². The second-order valence-corrected chi connectivity index (χ2v) is 5.42. The first-order valence-electron chi connectivity index (χ1n) is 6.27. The van der Waals surface area contributed by atoms with Crippen LogP contribution in [0.1, 0.15) is 19.4 Å². The molecule has 0 unspecified atom stereocenters. The van der Waals surface area contributed by atoms with Crippen LogP contribution < -0.4 is 10.6 Å². The second kappa shape index (κ2) is 4.66. The molecule has 19 heavy (non-hydrogen) atoms. The number of anilines is 1. The second-order valence-electron chi connectivity index (χ2n) is 5.42. The van der Waals surface area contributed by atoms with Crippen molar-refractivity contribution in [3.05, 3.63) is 29.8 Å². The Morgan fingerprint density at radius 2 is 1.74 bits per heavy atom. The molecule has 1 fully saturated rings. The van der Waals surface area contributed by atoms with Gasteiger partial charge in [0.25, 0.3) is 0 Å². The molecule has 0 atom stereocenters. The largest absolute Gasteiger partial charge is 0.336 e. The lowest BCUT2D eigenvalue weighted by Gasteiger charge is -2.34. The average molecular weight is 261 g/mol. The van der Waals surface area contributed by atoms with Crippen LogP contribution in [0.15, 0.2) is 24.3 Å². The van der Waals surface area contributed by atoms with Crippen molar-refractivity contribution < 1.29 is 9.59 Å². The van der Waals surface area contributed by atoms with Gasteiger partial charge in [-0.25, -0.2) is 0 Å². The highest BCUT2D eigenvalue weighted by molar-refractivity contribution is 6.41. The van der Waals surface area contributed by atoms with Crippen molar-refractivity contribution in [1.82, 2.24) is 4.90 Å². The minimum Gasteiger partial charge on any atom is -0.336 e. The van der Waals surface area contributed by atoms with Crippen LogP contribution >= 0.6 is 0 Å². The summed E-state index contributed by atoms with van der Waals surface area (Å²) >= 11 is 0. The number of likely N-dealkylation sites (N-methyl/N-ethyl adjacent to an activating group) is 1. The van der Waals surface area contributed by atoms with Crippen LogP contribution in [0.3, 0.4) is 0 Å². The van der Waals surface area contributed by atoms with Crippen molar-refractivity contribution in [3.63, 3.8) is 0 Å². The maximum atomic E-state index is 12.1. The number of hydrogen-bond acceptors (Lipinski definition) is 3. The molecule has 1 aliphatic rings. The van der Waals surface area contributed by atoms with E-state index in [-0.39, 0.29) is 0 Å². The molecule has 0 spiro atoms. The molecule has 2 rings (SSSR count). The maximum absolute atomic E-state index is 12.1. The molecule has 2 N–H and O–H groups in total. The van der Waals surface area contributed by atoms with E-state index < -0.39 is 17.4 Å². The van der Waals surface area contributed by atoms with E-state index in [1.807, 2.05) is 38.1 Å². The Kier molecular flexibility index (Phi) is 3.32. The summed E-state index contributed by atoms with van der Waals surface area (Å²) in [6.07, 6.45) is 0. The van der Waals surface area contributed by atoms with E-state index in [0.29, 0.717) is 13.1 Å². The van der Waals surface area contributed by atoms with Crippen LogP contribution in [0.4, 0.5) is 5.69 Å². The van der Waals surface area contributed by atoms with Gasteiger partial charge in [0.2, 0.25) is 0 Å². The molecule has 0 saturated carbocycles. The molecule has 1 aromatic carbocycles. The number of benzene rings is 1. The van der Waals surface area contributed by atoms with E-state index in [2.05, 4.69) is 0 Å². The van der Waals surface area contributed by atoms with Gasteiger partial charge in [-0.2, -0.15) is 0 Å². The molecule has 1 aliphatic heterocycles. The van der Waals surface area contributed by atoms with Gasteiger partial charge in [-0.3, -0.25) is 9.59 Å². The highest BCUT2D eigenvalue weighted by atomic mass is 16.2. The molecule has 102 valence electrons. The molecule has 5 heteroatoms. The fraction of sp³-hybridized carbons (Fsp3) is 0.429. The molecular formula is C14H19N3O2. The van der Waals surface area contributed by atoms with Gasteiger partial charge in [-0.05, 0) is 25.5 Å². The molecular weight excluding hydrogens is 242 g/mol. The topological polar surface area (TPSA) is 66.6 Å². The first-order chi connectivity index (χ1) is 8.82. The maximum Gasteiger partial charge on any atom is 0.316 e. The van der Waals surface area contributed by atoms with Gasteiger partial charge < -0.3 is 15.5 Å². The first kappa shape index (κ1) is 13.5. The quantitative estimate of drug-likeness (QED) is 0.796. The van der Waals surface area contributed by atoms with Gasteiger partial charge >= 0.3 is 11.8 Å². The zero-order valence-electron chi connectivity index (χ0n) is 11.5. The summed E-state index contributed by atoms with van der Waals surface area (Å²) in [6.45, 7) is 4.79. The molecule has 1 saturated heterocycles. The van der Waals surface area contributed by atoms with Crippen LogP contribution in [0.5, 0.6) is 0 Å². The third-order valence-electron chi connectivity index (χ3n) is 3.32. The molecule has 1 heterocycles. The predicted octanol–water partition coefficient (Wildman–Crippen LogP) is 0.685. The monoisotopic (exact) mass is 261 g/mol. The number of nitrogens with zero attached hydrogens (tertiary/aromatic N) is 2. The van der Waals surface area contributed by atoms with Gasteiger partial charge in [0.05, 0.1) is 0 Å². The van der Waals surface area contributed by atoms with Gasteiger partial charge in [0, 0.05) is 31.4 Å². The minimum atomic E-state index is -0.566. The predicted molar refractivity (Wildman–Crippen MR) is 73.6 cm³/mol. The van der Waals surface area contributed by atoms with Gasteiger partial charge in [-0.15, -0.1) is 0 Å². The SMILES string of the molecule is CN1CCN(c2ccccc2C(C)(C)N)C(=O)C1=O. The lowest BCUT2D eigenvalue weighted by Crippen LogP contribution is -2.53. The van der Waals surface area contributed by atoms with Crippen molar-refractivity contribution in [3.8, 4) is 0 Å². The zero-order chi connectivity index (χ0) is 14.2. The van der Waals surface area contributed by atoms with Crippen molar-refractivity contribution in [2.45, 2.75) is 19.4 Å². The fourth-order valence-electron chi connectivity index (χ4n) is 2.22. The lowest BCUT2D eigenvalue weighted by molar-refractivity contribution is -0.145. The number of rotatable bonds is 2. The highest BCUT2D eigenvalue weighted by Crippen LogP contribution is 2.29. The Morgan fingerprint density at radius 1 is 1.11 bits per heavy atom. The number of para-hydroxylation sites is 1. The minimum absolute atomic E-state index is 0.476. The van der Waals surface area contributed by atoms with Crippen LogP contribution in [-0.2, 0) is 15.1 Å². The number of hydrogen-bond donors (Lipinski definition) is 1. The van der Waals surface area contributed by atoms with E-state index in [0.717, 1.165) is 11.3 Å². The number of carbonyl (C=O) groups is 2. The third kappa shape index (κ3) is 2.46. The highest BCUT2D eigenvalue weighted by Gasteiger charge is 2.33.